The van der Waals surface area contributed by atoms with E-state index < -0.39 is 16.7 Å². The first-order valence-corrected chi connectivity index (χ1v) is 9.46. The molecule has 0 unspecified atom stereocenters. The zero-order chi connectivity index (χ0) is 22.5. The molecule has 3 aromatic rings. The summed E-state index contributed by atoms with van der Waals surface area (Å²) < 4.78 is 3.09. The molecule has 0 aliphatic heterocycles. The third-order valence-electron chi connectivity index (χ3n) is 4.74. The van der Waals surface area contributed by atoms with E-state index in [-0.39, 0.29) is 35.5 Å². The highest BCUT2D eigenvalue weighted by molar-refractivity contribution is 5.97. The number of benzene rings is 2. The molecule has 31 heavy (non-hydrogen) atoms. The predicted octanol–water partition coefficient (Wildman–Crippen LogP) is 2.75. The van der Waals surface area contributed by atoms with E-state index in [0.717, 1.165) is 0 Å². The summed E-state index contributed by atoms with van der Waals surface area (Å²) in [5.74, 6) is -0.956. The van der Waals surface area contributed by atoms with Crippen molar-refractivity contribution in [2.45, 2.75) is 19.8 Å². The lowest BCUT2D eigenvalue weighted by Crippen LogP contribution is -2.23. The van der Waals surface area contributed by atoms with Crippen LogP contribution in [0.4, 0.5) is 17.1 Å². The molecular formula is C21H21N5O5. The van der Waals surface area contributed by atoms with Gasteiger partial charge < -0.3 is 10.6 Å². The maximum atomic E-state index is 12.8. The third kappa shape index (κ3) is 4.86. The predicted molar refractivity (Wildman–Crippen MR) is 115 cm³/mol. The van der Waals surface area contributed by atoms with Crippen LogP contribution in [-0.4, -0.2) is 26.1 Å². The highest BCUT2D eigenvalue weighted by Gasteiger charge is 2.18. The zero-order valence-corrected chi connectivity index (χ0v) is 17.0. The van der Waals surface area contributed by atoms with E-state index >= 15 is 0 Å². The van der Waals surface area contributed by atoms with Gasteiger partial charge in [-0.05, 0) is 25.1 Å². The Kier molecular flexibility index (Phi) is 6.29. The number of carbonyl (C=O) groups is 2. The van der Waals surface area contributed by atoms with Gasteiger partial charge in [-0.2, -0.15) is 0 Å². The van der Waals surface area contributed by atoms with Crippen LogP contribution in [0, 0.1) is 17.0 Å². The molecule has 0 saturated heterocycles. The number of non-ortho nitro benzene ring substituents is 1. The lowest BCUT2D eigenvalue weighted by Gasteiger charge is -2.07. The van der Waals surface area contributed by atoms with E-state index in [1.807, 2.05) is 18.2 Å². The monoisotopic (exact) mass is 423 g/mol. The molecule has 0 radical (unpaired) electrons. The number of hydrogen-bond acceptors (Lipinski definition) is 5. The van der Waals surface area contributed by atoms with Crippen LogP contribution < -0.4 is 16.2 Å². The molecule has 1 heterocycles. The van der Waals surface area contributed by atoms with Crippen molar-refractivity contribution in [3.8, 4) is 5.69 Å². The van der Waals surface area contributed by atoms with Gasteiger partial charge in [0.05, 0.1) is 16.3 Å². The number of nitrogens with one attached hydrogen (secondary N) is 2. The maximum Gasteiger partial charge on any atom is 0.295 e. The van der Waals surface area contributed by atoms with Gasteiger partial charge in [-0.15, -0.1) is 0 Å². The Hall–Kier alpha value is -4.21. The van der Waals surface area contributed by atoms with Gasteiger partial charge in [0.2, 0.25) is 11.8 Å². The molecule has 0 atom stereocenters. The lowest BCUT2D eigenvalue weighted by atomic mass is 10.2. The number of nitro benzene ring substituents is 1. The number of nitrogens with zero attached hydrogens (tertiary/aromatic N) is 3. The fraction of sp³-hybridized carbons (Fsp3) is 0.190. The molecule has 0 aliphatic rings. The van der Waals surface area contributed by atoms with Crippen molar-refractivity contribution in [1.82, 2.24) is 9.36 Å². The van der Waals surface area contributed by atoms with Gasteiger partial charge >= 0.3 is 0 Å². The molecule has 0 spiro atoms. The Morgan fingerprint density at radius 3 is 2.29 bits per heavy atom. The second-order valence-electron chi connectivity index (χ2n) is 6.84. The van der Waals surface area contributed by atoms with Crippen molar-refractivity contribution in [3.05, 3.63) is 80.8 Å². The molecule has 3 rings (SSSR count). The fourth-order valence-electron chi connectivity index (χ4n) is 3.06. The average Bonchev–Trinajstić information content (AvgIpc) is 2.96. The number of aromatic nitrogens is 2. The summed E-state index contributed by atoms with van der Waals surface area (Å²) in [7, 11) is 1.71. The van der Waals surface area contributed by atoms with Crippen molar-refractivity contribution in [3.63, 3.8) is 0 Å². The molecule has 10 nitrogen and oxygen atoms in total. The van der Waals surface area contributed by atoms with E-state index in [0.29, 0.717) is 11.4 Å². The maximum absolute atomic E-state index is 12.8. The molecule has 0 aliphatic carbocycles. The van der Waals surface area contributed by atoms with Crippen LogP contribution in [0.25, 0.3) is 5.69 Å². The topological polar surface area (TPSA) is 128 Å². The summed E-state index contributed by atoms with van der Waals surface area (Å²) in [6, 6.07) is 14.5. The SMILES string of the molecule is Cc1c(NC(=O)CCC(=O)Nc2cccc([N+](=O)[O-])c2)c(=O)n(-c2ccccc2)n1C. The van der Waals surface area contributed by atoms with Crippen molar-refractivity contribution < 1.29 is 14.5 Å². The van der Waals surface area contributed by atoms with Crippen LogP contribution in [0.5, 0.6) is 0 Å². The lowest BCUT2D eigenvalue weighted by molar-refractivity contribution is -0.384. The smallest absolute Gasteiger partial charge is 0.295 e. The van der Waals surface area contributed by atoms with Crippen LogP contribution in [0.15, 0.2) is 59.4 Å². The summed E-state index contributed by atoms with van der Waals surface area (Å²) in [5.41, 5.74) is 1.13. The first-order chi connectivity index (χ1) is 14.8. The largest absolute Gasteiger partial charge is 0.326 e. The van der Waals surface area contributed by atoms with Crippen LogP contribution in [0.1, 0.15) is 18.5 Å². The Bertz CT molecular complexity index is 1200. The van der Waals surface area contributed by atoms with Gasteiger partial charge in [0.1, 0.15) is 5.69 Å². The Morgan fingerprint density at radius 1 is 1.00 bits per heavy atom. The van der Waals surface area contributed by atoms with Crippen LogP contribution >= 0.6 is 0 Å². The average molecular weight is 423 g/mol. The highest BCUT2D eigenvalue weighted by Crippen LogP contribution is 2.18. The van der Waals surface area contributed by atoms with Crippen LogP contribution in [0.3, 0.4) is 0 Å². The molecule has 0 saturated carbocycles. The molecule has 160 valence electrons. The van der Waals surface area contributed by atoms with Crippen molar-refractivity contribution in [1.29, 1.82) is 0 Å². The minimum absolute atomic E-state index is 0.146. The quantitative estimate of drug-likeness (QED) is 0.446. The second kappa shape index (κ2) is 9.08. The summed E-state index contributed by atoms with van der Waals surface area (Å²) in [4.78, 5) is 47.5. The first kappa shape index (κ1) is 21.5. The molecule has 2 aromatic carbocycles. The normalized spacial score (nSPS) is 10.5. The molecular weight excluding hydrogens is 402 g/mol. The van der Waals surface area contributed by atoms with Crippen molar-refractivity contribution in [2.24, 2.45) is 7.05 Å². The van der Waals surface area contributed by atoms with Gasteiger partial charge in [-0.1, -0.05) is 24.3 Å². The number of rotatable bonds is 7. The summed E-state index contributed by atoms with van der Waals surface area (Å²) in [6.07, 6.45) is -0.298. The second-order valence-corrected chi connectivity index (χ2v) is 6.84. The number of para-hydroxylation sites is 1. The number of nitro groups is 1. The minimum Gasteiger partial charge on any atom is -0.326 e. The molecule has 1 aromatic heterocycles. The Morgan fingerprint density at radius 2 is 1.65 bits per heavy atom. The van der Waals surface area contributed by atoms with E-state index in [9.17, 15) is 24.5 Å². The minimum atomic E-state index is -0.562. The standard InChI is InChI=1S/C21H21N5O5/c1-14-20(21(29)25(24(14)2)16-8-4-3-5-9-16)23-19(28)12-11-18(27)22-15-7-6-10-17(13-15)26(30)31/h3-10,13H,11-12H2,1-2H3,(H,22,27)(H,23,28). The molecule has 0 fully saturated rings. The highest BCUT2D eigenvalue weighted by atomic mass is 16.6. The molecule has 2 amide bonds. The van der Waals surface area contributed by atoms with E-state index in [4.69, 9.17) is 0 Å². The summed E-state index contributed by atoms with van der Waals surface area (Å²) >= 11 is 0. The molecule has 10 heteroatoms. The van der Waals surface area contributed by atoms with E-state index in [2.05, 4.69) is 10.6 Å². The number of hydrogen-bond donors (Lipinski definition) is 2. The van der Waals surface area contributed by atoms with E-state index in [1.165, 1.54) is 28.9 Å². The van der Waals surface area contributed by atoms with Gasteiger partial charge in [-0.3, -0.25) is 29.2 Å². The van der Waals surface area contributed by atoms with Gasteiger partial charge in [0.15, 0.2) is 0 Å². The number of anilines is 2. The Balaban J connectivity index is 1.64. The summed E-state index contributed by atoms with van der Waals surface area (Å²) in [6.45, 7) is 1.71. The summed E-state index contributed by atoms with van der Waals surface area (Å²) in [5, 5.41) is 15.9. The van der Waals surface area contributed by atoms with Crippen molar-refractivity contribution in [2.75, 3.05) is 10.6 Å². The zero-order valence-electron chi connectivity index (χ0n) is 17.0. The van der Waals surface area contributed by atoms with Crippen molar-refractivity contribution >= 4 is 28.9 Å². The Labute approximate surface area is 177 Å². The van der Waals surface area contributed by atoms with Gasteiger partial charge in [-0.25, -0.2) is 4.68 Å². The van der Waals surface area contributed by atoms with Crippen LogP contribution in [0.2, 0.25) is 0 Å². The van der Waals surface area contributed by atoms with E-state index in [1.54, 1.807) is 30.8 Å². The fourth-order valence-corrected chi connectivity index (χ4v) is 3.06. The third-order valence-corrected chi connectivity index (χ3v) is 4.74. The number of amides is 2. The molecule has 0 bridgehead atoms. The molecule has 2 N–H and O–H groups in total. The van der Waals surface area contributed by atoms with Gasteiger partial charge in [0, 0.05) is 37.7 Å². The van der Waals surface area contributed by atoms with Gasteiger partial charge in [0.25, 0.3) is 11.2 Å². The van der Waals surface area contributed by atoms with Crippen LogP contribution in [-0.2, 0) is 16.6 Å². The first-order valence-electron chi connectivity index (χ1n) is 9.46. The number of carbonyl (C=O) groups excluding carboxylic acids is 2.